The van der Waals surface area contributed by atoms with Gasteiger partial charge in [-0.2, -0.15) is 15.0 Å². The maximum Gasteiger partial charge on any atom is 0.354 e. The van der Waals surface area contributed by atoms with Crippen LogP contribution < -0.4 is 46.7 Å². The number of aryl methyl sites for hydroxylation is 3. The zero-order valence-electron chi connectivity index (χ0n) is 73.4. The Kier molecular flexibility index (Phi) is 24.4. The first-order valence-electron chi connectivity index (χ1n) is 43.1. The van der Waals surface area contributed by atoms with E-state index in [4.69, 9.17) is 4.74 Å². The Hall–Kier alpha value is -14.4. The highest BCUT2D eigenvalue weighted by Crippen LogP contribution is 2.50. The Labute approximate surface area is 743 Å². The summed E-state index contributed by atoms with van der Waals surface area (Å²) in [6, 6.07) is 20.2. The summed E-state index contributed by atoms with van der Waals surface area (Å²) < 4.78 is 106. The van der Waals surface area contributed by atoms with Crippen molar-refractivity contribution < 1.29 is 60.8 Å². The number of amides is 3. The SMILES string of the molecule is C=CC(=O)N1CCN2c3nc(=O)n(-c4c(C)ccnc4C(C)C)c4cc(-c5c(O)cccc5F)c(F)c(c34)N(C)CCC2C1.C=CC(=O)N1CCN2c3nc(=O)n(-c4c(C)ccnc4C(C)C)c4cc(-c5c(O)cccc5F)c(F)c(c34)NCCC2C1.C=CC(=O)N1CCN2c3nc(=O)n(-c4c(C)ccnc4C(C)C)c4cc(-c5c(O)cccc5F)c(F)c(c34)OCCC2C1. The number of benzene rings is 6. The molecule has 0 saturated carbocycles. The van der Waals surface area contributed by atoms with Gasteiger partial charge in [-0.3, -0.25) is 43.0 Å². The summed E-state index contributed by atoms with van der Waals surface area (Å²) in [6.07, 6.45) is 10.3. The molecule has 3 saturated heterocycles. The Bertz CT molecular complexity index is 6550. The number of fused-ring (bicyclic) bond motifs is 6. The highest BCUT2D eigenvalue weighted by atomic mass is 19.1. The van der Waals surface area contributed by atoms with Crippen molar-refractivity contribution in [3.05, 3.63) is 248 Å². The van der Waals surface area contributed by atoms with Gasteiger partial charge in [-0.05, 0) is 159 Å². The van der Waals surface area contributed by atoms with Crippen molar-refractivity contribution >= 4 is 79.3 Å². The molecule has 4 N–H and O–H groups in total. The van der Waals surface area contributed by atoms with E-state index >= 15 is 26.3 Å². The lowest BCUT2D eigenvalue weighted by molar-refractivity contribution is -0.127. The second-order valence-corrected chi connectivity index (χ2v) is 34.1. The third-order valence-electron chi connectivity index (χ3n) is 25.2. The summed E-state index contributed by atoms with van der Waals surface area (Å²) in [4.78, 5) is 120. The average Bonchev–Trinajstić information content (AvgIpc) is 0.726. The van der Waals surface area contributed by atoms with Gasteiger partial charge in [0.15, 0.2) is 23.2 Å². The Morgan fingerprint density at radius 3 is 1.20 bits per heavy atom. The van der Waals surface area contributed by atoms with E-state index in [0.717, 1.165) is 34.9 Å². The van der Waals surface area contributed by atoms with Crippen LogP contribution in [-0.4, -0.2) is 195 Å². The van der Waals surface area contributed by atoms with Crippen molar-refractivity contribution in [1.29, 1.82) is 0 Å². The lowest BCUT2D eigenvalue weighted by Crippen LogP contribution is -2.56. The minimum Gasteiger partial charge on any atom is -0.507 e. The van der Waals surface area contributed by atoms with Crippen molar-refractivity contribution in [1.82, 2.24) is 58.3 Å². The lowest BCUT2D eigenvalue weighted by Gasteiger charge is -2.44. The van der Waals surface area contributed by atoms with E-state index in [2.05, 4.69) is 55.0 Å². The number of rotatable bonds is 12. The number of aromatic nitrogens is 9. The topological polar surface area (TPSA) is 299 Å². The molecule has 0 bridgehead atoms. The summed E-state index contributed by atoms with van der Waals surface area (Å²) in [5, 5.41) is 36.2. The van der Waals surface area contributed by atoms with Crippen LogP contribution in [0.15, 0.2) is 162 Å². The molecule has 3 fully saturated rings. The van der Waals surface area contributed by atoms with Crippen molar-refractivity contribution in [2.45, 2.75) is 117 Å². The summed E-state index contributed by atoms with van der Waals surface area (Å²) >= 11 is 0. The molecule has 6 aromatic heterocycles. The fourth-order valence-corrected chi connectivity index (χ4v) is 18.9. The van der Waals surface area contributed by atoms with Crippen molar-refractivity contribution in [3.8, 4) is 73.4 Å². The van der Waals surface area contributed by atoms with Crippen LogP contribution in [0, 0.1) is 55.7 Å². The molecular weight excluding hydrogens is 1680 g/mol. The van der Waals surface area contributed by atoms with Gasteiger partial charge < -0.3 is 59.7 Å². The van der Waals surface area contributed by atoms with Gasteiger partial charge in [-0.15, -0.1) is 0 Å². The summed E-state index contributed by atoms with van der Waals surface area (Å²) in [5.74, 6) is -6.29. The third kappa shape index (κ3) is 15.6. The van der Waals surface area contributed by atoms with Crippen LogP contribution in [0.3, 0.4) is 0 Å². The first-order valence-corrected chi connectivity index (χ1v) is 43.1. The van der Waals surface area contributed by atoms with E-state index in [0.29, 0.717) is 153 Å². The van der Waals surface area contributed by atoms with E-state index in [1.165, 1.54) is 86.5 Å². The average molecular weight is 1770 g/mol. The van der Waals surface area contributed by atoms with Gasteiger partial charge in [0, 0.05) is 133 Å². The molecule has 33 heteroatoms. The number of nitrogens with zero attached hydrogens (tertiary/aromatic N) is 16. The molecule has 12 aromatic rings. The lowest BCUT2D eigenvalue weighted by atomic mass is 9.96. The minimum absolute atomic E-state index is 0.0575. The van der Waals surface area contributed by atoms with Gasteiger partial charge >= 0.3 is 17.1 Å². The van der Waals surface area contributed by atoms with E-state index in [9.17, 15) is 44.1 Å². The van der Waals surface area contributed by atoms with Crippen LogP contribution >= 0.6 is 0 Å². The smallest absolute Gasteiger partial charge is 0.354 e. The van der Waals surface area contributed by atoms with Crippen LogP contribution in [0.5, 0.6) is 23.0 Å². The Morgan fingerprint density at radius 2 is 0.808 bits per heavy atom. The molecule has 3 amide bonds. The molecule has 12 heterocycles. The number of halogens is 6. The Morgan fingerprint density at radius 1 is 0.454 bits per heavy atom. The van der Waals surface area contributed by atoms with E-state index in [-0.39, 0.29) is 133 Å². The summed E-state index contributed by atoms with van der Waals surface area (Å²) in [5.41, 5.74) is 3.34. The number of phenolic OH excluding ortho intramolecular Hbond substituents is 3. The molecular formula is C97H97F6N17O10. The van der Waals surface area contributed by atoms with Gasteiger partial charge in [-0.1, -0.05) is 79.5 Å². The number of aromatic hydroxyl groups is 3. The van der Waals surface area contributed by atoms with Gasteiger partial charge in [0.1, 0.15) is 52.2 Å². The third-order valence-corrected chi connectivity index (χ3v) is 25.2. The van der Waals surface area contributed by atoms with Crippen LogP contribution in [0.25, 0.3) is 83.2 Å². The number of hydrogen-bond donors (Lipinski definition) is 4. The predicted molar refractivity (Wildman–Crippen MR) is 488 cm³/mol. The minimum atomic E-state index is -0.882. The van der Waals surface area contributed by atoms with E-state index in [1.54, 1.807) is 63.4 Å². The molecule has 0 radical (unpaired) electrons. The van der Waals surface area contributed by atoms with Crippen LogP contribution in [0.1, 0.15) is 112 Å². The van der Waals surface area contributed by atoms with Crippen molar-refractivity contribution in [2.24, 2.45) is 0 Å². The molecule has 3 unspecified atom stereocenters. The molecule has 6 aliphatic rings. The molecule has 130 heavy (non-hydrogen) atoms. The van der Waals surface area contributed by atoms with Gasteiger partial charge in [0.2, 0.25) is 17.7 Å². The number of carbonyl (C=O) groups excluding carboxylic acids is 3. The van der Waals surface area contributed by atoms with Crippen LogP contribution in [-0.2, 0) is 14.4 Å². The zero-order valence-corrected chi connectivity index (χ0v) is 73.4. The highest BCUT2D eigenvalue weighted by molar-refractivity contribution is 6.07. The number of nitrogens with one attached hydrogen (secondary N) is 1. The number of pyridine rings is 3. The van der Waals surface area contributed by atoms with E-state index in [1.807, 2.05) is 77.0 Å². The Balaban J connectivity index is 0.000000143. The summed E-state index contributed by atoms with van der Waals surface area (Å²) in [6.45, 7) is 32.3. The quantitative estimate of drug-likeness (QED) is 0.0652. The van der Waals surface area contributed by atoms with Crippen LogP contribution in [0.2, 0.25) is 0 Å². The fraction of sp³-hybridized carbons (Fsp3) is 0.320. The molecule has 672 valence electrons. The molecule has 6 aliphatic heterocycles. The zero-order chi connectivity index (χ0) is 92.6. The molecule has 6 aromatic carbocycles. The number of piperazine rings is 3. The molecule has 0 spiro atoms. The largest absolute Gasteiger partial charge is 0.507 e. The van der Waals surface area contributed by atoms with Gasteiger partial charge in [0.05, 0.1) is 108 Å². The monoisotopic (exact) mass is 1770 g/mol. The molecule has 27 nitrogen and oxygen atoms in total. The van der Waals surface area contributed by atoms with Gasteiger partial charge in [0.25, 0.3) is 0 Å². The maximum atomic E-state index is 16.9. The maximum absolute atomic E-state index is 16.9. The van der Waals surface area contributed by atoms with E-state index < -0.39 is 69.2 Å². The number of anilines is 5. The second kappa shape index (κ2) is 35.7. The summed E-state index contributed by atoms with van der Waals surface area (Å²) in [7, 11) is 1.74. The highest BCUT2D eigenvalue weighted by Gasteiger charge is 2.42. The second-order valence-electron chi connectivity index (χ2n) is 34.1. The first kappa shape index (κ1) is 89.0. The number of hydrogen-bond acceptors (Lipinski definition) is 21. The molecule has 3 atom stereocenters. The van der Waals surface area contributed by atoms with Crippen LogP contribution in [0.4, 0.5) is 55.2 Å². The molecule has 0 aliphatic carbocycles. The normalized spacial score (nSPS) is 16.5. The fourth-order valence-electron chi connectivity index (χ4n) is 18.9. The first-order chi connectivity index (χ1) is 62.3. The molecule has 18 rings (SSSR count). The standard InChI is InChI=1S/C33H34F2N6O3.C32H32F2N6O3.C32H31F2N5O4/c1-6-25(43)39-14-15-40-20(17-39)11-13-38(5)31-27-23(16-21(28(31)35)26-22(34)8-7-9-24(26)42)41(33(44)37-32(27)40)30-19(4)10-12-36-29(30)18(2)3;1-5-24(42)38-13-14-39-19(16-38)10-12-36-29-26-22(15-20(27(29)34)25-21(33)7-6-8-23(25)41)40(32(43)37-31(26)39)30-18(4)9-11-35-28(30)17(2)3;1-5-24(41)37-12-13-38-19(16-37)10-14-43-30-26-22(15-20(27(30)34)25-21(33)7-6-8-23(25)40)39(32(42)36-31(26)38)29-18(4)9-11-35-28(29)17(2)3/h6-10,12,16,18,20,42H,1,11,13-15,17H2,2-5H3;5-9,11,15,17,19,36,41H,1,10,12-14,16H2,2-4H3;5-9,11,15,17,19,40H,1,10,12-14,16H2,2-4H3. The predicted octanol–water partition coefficient (Wildman–Crippen LogP) is 14.6. The van der Waals surface area contributed by atoms with Crippen molar-refractivity contribution in [2.75, 3.05) is 111 Å². The number of carbonyl (C=O) groups is 3. The number of phenols is 3. The van der Waals surface area contributed by atoms with Gasteiger partial charge in [-0.25, -0.2) is 40.7 Å². The number of ether oxygens (including phenoxy) is 1. The van der Waals surface area contributed by atoms with Crippen molar-refractivity contribution in [3.63, 3.8) is 0 Å².